The number of carboxylic acids is 1. The Morgan fingerprint density at radius 1 is 0.946 bits per heavy atom. The van der Waals surface area contributed by atoms with Crippen LogP contribution in [0.1, 0.15) is 29.5 Å². The Hall–Kier alpha value is -2.68. The Balaban J connectivity index is 2.24. The molecule has 3 rings (SSSR count). The first-order valence-corrected chi connectivity index (χ1v) is 12.4. The minimum Gasteiger partial charge on any atom is -0.481 e. The van der Waals surface area contributed by atoms with Gasteiger partial charge in [-0.25, -0.2) is 8.42 Å². The molecule has 0 aliphatic carbocycles. The van der Waals surface area contributed by atoms with Crippen molar-refractivity contribution in [2.45, 2.75) is 35.8 Å². The molecule has 37 heavy (non-hydrogen) atoms. The van der Waals surface area contributed by atoms with Crippen molar-refractivity contribution in [3.05, 3.63) is 64.2 Å². The highest BCUT2D eigenvalue weighted by Crippen LogP contribution is 2.40. The van der Waals surface area contributed by atoms with Crippen molar-refractivity contribution >= 4 is 33.9 Å². The third kappa shape index (κ3) is 6.25. The predicted molar refractivity (Wildman–Crippen MR) is 118 cm³/mol. The highest BCUT2D eigenvalue weighted by Gasteiger charge is 2.47. The molecule has 0 radical (unpaired) electrons. The van der Waals surface area contributed by atoms with Gasteiger partial charge in [-0.05, 0) is 60.9 Å². The summed E-state index contributed by atoms with van der Waals surface area (Å²) in [6, 6.07) is 4.80. The molecular formula is C22H19ClF6N2O5S. The number of sulfonamides is 1. The Labute approximate surface area is 212 Å². The van der Waals surface area contributed by atoms with Crippen molar-refractivity contribution in [1.82, 2.24) is 9.62 Å². The number of hydrogen-bond donors (Lipinski definition) is 2. The van der Waals surface area contributed by atoms with E-state index in [0.29, 0.717) is 0 Å². The van der Waals surface area contributed by atoms with Gasteiger partial charge in [0, 0.05) is 18.1 Å². The molecule has 0 aromatic heterocycles. The summed E-state index contributed by atoms with van der Waals surface area (Å²) < 4.78 is 110. The Morgan fingerprint density at radius 2 is 1.41 bits per heavy atom. The summed E-state index contributed by atoms with van der Waals surface area (Å²) in [4.78, 5) is 24.5. The van der Waals surface area contributed by atoms with Gasteiger partial charge in [0.15, 0.2) is 11.9 Å². The molecule has 2 aromatic rings. The number of alkyl halides is 6. The number of rotatable bonds is 7. The lowest BCUT2D eigenvalue weighted by Gasteiger charge is -2.43. The Bertz CT molecular complexity index is 1240. The summed E-state index contributed by atoms with van der Waals surface area (Å²) in [5, 5.41) is 9.39. The van der Waals surface area contributed by atoms with E-state index >= 15 is 0 Å². The molecule has 2 aromatic carbocycles. The number of carbonyl (C=O) groups excluding carboxylic acids is 1. The standard InChI is InChI=1S/C22H19ClF6N2O5S/c23-17-1-3-18(4-2-17)37(35,36)30-20(12-32,31-7-5-13(6-8-31)19(33)34)14-9-15(21(24,25)26)11-16(10-14)22(27,28)29/h1-4,9-13,30H,5-8H2,(H,33,34)/t20-/m0/s1. The Morgan fingerprint density at radius 3 is 1.81 bits per heavy atom. The third-order valence-electron chi connectivity index (χ3n) is 5.96. The number of likely N-dealkylation sites (tertiary alicyclic amines) is 1. The van der Waals surface area contributed by atoms with E-state index < -0.39 is 61.5 Å². The molecule has 2 N–H and O–H groups in total. The van der Waals surface area contributed by atoms with Gasteiger partial charge in [0.05, 0.1) is 21.9 Å². The van der Waals surface area contributed by atoms with E-state index in [4.69, 9.17) is 11.6 Å². The largest absolute Gasteiger partial charge is 0.481 e. The van der Waals surface area contributed by atoms with Crippen molar-refractivity contribution in [2.24, 2.45) is 5.92 Å². The fourth-order valence-corrected chi connectivity index (χ4v) is 5.45. The number of carbonyl (C=O) groups is 2. The molecule has 1 aliphatic rings. The van der Waals surface area contributed by atoms with Crippen LogP contribution in [0.25, 0.3) is 0 Å². The van der Waals surface area contributed by atoms with E-state index in [1.165, 1.54) is 12.1 Å². The molecule has 0 amide bonds. The van der Waals surface area contributed by atoms with Gasteiger partial charge in [-0.2, -0.15) is 31.1 Å². The van der Waals surface area contributed by atoms with E-state index in [0.717, 1.165) is 17.0 Å². The zero-order valence-corrected chi connectivity index (χ0v) is 20.2. The van der Waals surface area contributed by atoms with Crippen molar-refractivity contribution in [3.8, 4) is 0 Å². The summed E-state index contributed by atoms with van der Waals surface area (Å²) in [7, 11) is -4.73. The van der Waals surface area contributed by atoms with Gasteiger partial charge >= 0.3 is 18.3 Å². The first-order valence-electron chi connectivity index (χ1n) is 10.5. The van der Waals surface area contributed by atoms with Crippen LogP contribution in [-0.4, -0.2) is 43.8 Å². The molecule has 1 heterocycles. The van der Waals surface area contributed by atoms with Crippen molar-refractivity contribution in [3.63, 3.8) is 0 Å². The first-order chi connectivity index (χ1) is 17.0. The third-order valence-corrected chi connectivity index (χ3v) is 7.68. The van der Waals surface area contributed by atoms with Crippen LogP contribution in [0.2, 0.25) is 5.02 Å². The monoisotopic (exact) mass is 572 g/mol. The van der Waals surface area contributed by atoms with Gasteiger partial charge in [-0.1, -0.05) is 11.6 Å². The number of nitrogens with one attached hydrogen (secondary N) is 1. The predicted octanol–water partition coefficient (Wildman–Crippen LogP) is 4.50. The molecule has 0 unspecified atom stereocenters. The summed E-state index contributed by atoms with van der Waals surface area (Å²) in [6.07, 6.45) is -10.9. The lowest BCUT2D eigenvalue weighted by atomic mass is 9.90. The molecule has 0 saturated carbocycles. The molecule has 0 bridgehead atoms. The van der Waals surface area contributed by atoms with Gasteiger partial charge in [0.25, 0.3) is 0 Å². The summed E-state index contributed by atoms with van der Waals surface area (Å²) in [5.74, 6) is -2.09. The average molecular weight is 573 g/mol. The second-order valence-corrected chi connectivity index (χ2v) is 10.5. The van der Waals surface area contributed by atoms with Crippen LogP contribution in [0.15, 0.2) is 47.4 Å². The van der Waals surface area contributed by atoms with Crippen molar-refractivity contribution < 1.29 is 49.5 Å². The summed E-state index contributed by atoms with van der Waals surface area (Å²) >= 11 is 5.76. The van der Waals surface area contributed by atoms with Crippen LogP contribution in [0.4, 0.5) is 26.3 Å². The number of nitrogens with zero attached hydrogens (tertiary/aromatic N) is 1. The van der Waals surface area contributed by atoms with Crippen LogP contribution in [0.3, 0.4) is 0 Å². The minimum atomic E-state index is -5.27. The number of piperidine rings is 1. The molecule has 1 atom stereocenters. The van der Waals surface area contributed by atoms with Gasteiger partial charge in [0.1, 0.15) is 0 Å². The maximum atomic E-state index is 13.6. The molecular weight excluding hydrogens is 554 g/mol. The summed E-state index contributed by atoms with van der Waals surface area (Å²) in [5.41, 5.74) is -7.18. The van der Waals surface area contributed by atoms with Crippen molar-refractivity contribution in [2.75, 3.05) is 13.1 Å². The fourth-order valence-electron chi connectivity index (χ4n) is 4.00. The van der Waals surface area contributed by atoms with Gasteiger partial charge in [-0.15, -0.1) is 0 Å². The number of halogens is 7. The SMILES string of the molecule is O=C[C@@](NS(=O)(=O)c1ccc(Cl)cc1)(c1cc(C(F)(F)F)cc(C(F)(F)F)c1)N1CCC(C(=O)O)CC1. The number of carboxylic acid groups (broad SMARTS) is 1. The highest BCUT2D eigenvalue weighted by atomic mass is 35.5. The molecule has 1 fully saturated rings. The van der Waals surface area contributed by atoms with Crippen LogP contribution in [0.5, 0.6) is 0 Å². The molecule has 1 saturated heterocycles. The van der Waals surface area contributed by atoms with Gasteiger partial charge in [0.2, 0.25) is 10.0 Å². The smallest absolute Gasteiger partial charge is 0.416 e. The van der Waals surface area contributed by atoms with Crippen LogP contribution in [-0.2, 0) is 37.6 Å². The van der Waals surface area contributed by atoms with Crippen molar-refractivity contribution in [1.29, 1.82) is 0 Å². The maximum Gasteiger partial charge on any atom is 0.416 e. The lowest BCUT2D eigenvalue weighted by Crippen LogP contribution is -2.61. The van der Waals surface area contributed by atoms with Crippen LogP contribution >= 0.6 is 11.6 Å². The zero-order valence-electron chi connectivity index (χ0n) is 18.6. The quantitative estimate of drug-likeness (QED) is 0.374. The van der Waals surface area contributed by atoms with E-state index in [9.17, 15) is 49.5 Å². The van der Waals surface area contributed by atoms with Gasteiger partial charge in [-0.3, -0.25) is 14.5 Å². The van der Waals surface area contributed by atoms with E-state index in [-0.39, 0.29) is 55.4 Å². The molecule has 7 nitrogen and oxygen atoms in total. The fraction of sp³-hybridized carbons (Fsp3) is 0.364. The molecule has 202 valence electrons. The number of hydrogen-bond acceptors (Lipinski definition) is 5. The normalized spacial score (nSPS) is 17.8. The van der Waals surface area contributed by atoms with E-state index in [1.807, 2.05) is 4.72 Å². The van der Waals surface area contributed by atoms with E-state index in [2.05, 4.69) is 0 Å². The average Bonchev–Trinajstić information content (AvgIpc) is 2.81. The van der Waals surface area contributed by atoms with Crippen LogP contribution in [0, 0.1) is 5.92 Å². The molecule has 15 heteroatoms. The summed E-state index contributed by atoms with van der Waals surface area (Å²) in [6.45, 7) is -0.646. The van der Waals surface area contributed by atoms with E-state index in [1.54, 1.807) is 0 Å². The maximum absolute atomic E-state index is 13.6. The van der Waals surface area contributed by atoms with Crippen LogP contribution < -0.4 is 4.72 Å². The zero-order chi connectivity index (χ0) is 27.8. The topological polar surface area (TPSA) is 104 Å². The van der Waals surface area contributed by atoms with Gasteiger partial charge < -0.3 is 5.11 Å². The second kappa shape index (κ2) is 10.2. The lowest BCUT2D eigenvalue weighted by molar-refractivity contribution is -0.146. The Kier molecular flexibility index (Phi) is 7.99. The minimum absolute atomic E-state index is 0.1000. The number of aliphatic carboxylic acids is 1. The first kappa shape index (κ1) is 28.9. The second-order valence-electron chi connectivity index (χ2n) is 8.34. The molecule has 1 aliphatic heterocycles. The number of aldehydes is 1. The highest BCUT2D eigenvalue weighted by molar-refractivity contribution is 7.89. The molecule has 0 spiro atoms. The number of benzene rings is 2.